The molecule has 2 aromatic rings. The maximum atomic E-state index is 5.63. The van der Waals surface area contributed by atoms with Crippen molar-refractivity contribution < 1.29 is 9.47 Å². The largest absolute Gasteiger partial charge is 0.383 e. The van der Waals surface area contributed by atoms with Gasteiger partial charge in [-0.05, 0) is 142 Å². The molecular formula is C68H149N11O2. The number of methoxy groups -OCH3 is 2. The van der Waals surface area contributed by atoms with Crippen LogP contribution in [0.25, 0.3) is 0 Å². The first-order chi connectivity index (χ1) is 38.8. The van der Waals surface area contributed by atoms with Crippen LogP contribution >= 0.6 is 0 Å². The topological polar surface area (TPSA) is 179 Å². The first-order valence-corrected chi connectivity index (χ1v) is 32.9. The molecular weight excluding hydrogens is 1000 g/mol. The van der Waals surface area contributed by atoms with Crippen molar-refractivity contribution in [2.24, 2.45) is 11.5 Å². The molecule has 0 bridgehead atoms. The van der Waals surface area contributed by atoms with Crippen molar-refractivity contribution in [2.45, 2.75) is 270 Å². The summed E-state index contributed by atoms with van der Waals surface area (Å²) in [6.45, 7) is 56.3. The summed E-state index contributed by atoms with van der Waals surface area (Å²) in [5.41, 5.74) is 13.6. The third kappa shape index (κ3) is 110. The van der Waals surface area contributed by atoms with Crippen molar-refractivity contribution in [3.8, 4) is 0 Å². The van der Waals surface area contributed by atoms with Crippen LogP contribution in [0.15, 0.2) is 60.7 Å². The summed E-state index contributed by atoms with van der Waals surface area (Å²) in [6.07, 6.45) is 16.9. The van der Waals surface area contributed by atoms with Gasteiger partial charge in [0.05, 0.1) is 13.2 Å². The van der Waals surface area contributed by atoms with E-state index in [1.807, 2.05) is 19.1 Å². The van der Waals surface area contributed by atoms with Crippen LogP contribution in [0.4, 0.5) is 0 Å². The minimum absolute atomic E-state index is 0.384. The zero-order valence-corrected chi connectivity index (χ0v) is 58.1. The molecule has 2 atom stereocenters. The summed E-state index contributed by atoms with van der Waals surface area (Å²) < 4.78 is 9.61. The SMILES string of the molecule is CC(C)NCc1ccccc1.CC1CCCCN1.CCC(C)N.CCCNC(C)C.CCCNCC.CCCNCCC.CCNC(C)C.CCNCCOC.CCNCc1ccccc1.COCCNC(C)C.NC1CCCCC1. The fraction of sp³-hybridized carbons (Fsp3) is 0.824. The lowest BCUT2D eigenvalue weighted by Crippen LogP contribution is -2.30. The number of nitrogens with two attached hydrogens (primary N) is 2. The monoisotopic (exact) mass is 1150 g/mol. The molecule has 1 heterocycles. The molecule has 13 heteroatoms. The third-order valence-electron chi connectivity index (χ3n) is 11.4. The van der Waals surface area contributed by atoms with E-state index in [-0.39, 0.29) is 0 Å². The van der Waals surface area contributed by atoms with Crippen molar-refractivity contribution in [1.29, 1.82) is 0 Å². The third-order valence-corrected chi connectivity index (χ3v) is 11.4. The Morgan fingerprint density at radius 1 is 0.457 bits per heavy atom. The Bertz CT molecular complexity index is 1230. The van der Waals surface area contributed by atoms with Gasteiger partial charge in [0, 0.05) is 82.7 Å². The zero-order chi connectivity index (χ0) is 62.8. The summed E-state index contributed by atoms with van der Waals surface area (Å²) in [5, 5.41) is 29.3. The molecule has 488 valence electrons. The van der Waals surface area contributed by atoms with Gasteiger partial charge in [0.2, 0.25) is 0 Å². The Labute approximate surface area is 508 Å². The highest BCUT2D eigenvalue weighted by Gasteiger charge is 2.06. The molecule has 0 radical (unpaired) electrons. The standard InChI is InChI=1S/C10H15N.C9H13N.C6H15NO.2C6H13N.2C6H15N.C5H13NO.2C5H13N.C4H11N/c1-9(2)11-8-10-6-4-3-5-7-10;1-2-10-8-9-6-4-3-5-7-9;1-6(2)7-4-5-8-3;1-6-4-2-3-5-7-6;7-6-4-2-1-3-5-6;1-4-5-7-6(2)3;1-3-5-7-6-4-2;1-3-6-4-5-7-2;1-4-6-5(2)3;1-3-5-6-4-2;1-3-4(2)5/h3-7,9,11H,8H2,1-2H3;3-7,10H,2,8H2,1H3;6-7H,4-5H2,1-3H3;6-7H,2-5H2,1H3;6H,1-5,7H2;6-7H,4-5H2,1-3H3;7H,3-6H2,1-2H3;6H,3-5H2,1-2H3;5-6H,4H2,1-3H3;6H,3-5H2,1-2H3;4H,3,5H2,1-2H3. The van der Waals surface area contributed by atoms with Crippen LogP contribution in [0, 0.1) is 0 Å². The molecule has 13 nitrogen and oxygen atoms in total. The molecule has 4 rings (SSSR count). The quantitative estimate of drug-likeness (QED) is 0.0381. The Morgan fingerprint density at radius 2 is 0.852 bits per heavy atom. The van der Waals surface area contributed by atoms with Crippen molar-refractivity contribution in [3.63, 3.8) is 0 Å². The second-order valence-electron chi connectivity index (χ2n) is 21.8. The van der Waals surface area contributed by atoms with E-state index in [1.165, 1.54) is 108 Å². The van der Waals surface area contributed by atoms with Crippen LogP contribution in [0.3, 0.4) is 0 Å². The number of rotatable bonds is 27. The minimum atomic E-state index is 0.384. The molecule has 0 amide bonds. The maximum absolute atomic E-state index is 5.63. The van der Waals surface area contributed by atoms with E-state index < -0.39 is 0 Å². The maximum Gasteiger partial charge on any atom is 0.0587 e. The minimum Gasteiger partial charge on any atom is -0.383 e. The summed E-state index contributed by atoms with van der Waals surface area (Å²) in [6, 6.07) is 25.0. The second kappa shape index (κ2) is 84.4. The van der Waals surface area contributed by atoms with Crippen LogP contribution in [-0.2, 0) is 22.6 Å². The molecule has 2 aromatic carbocycles. The van der Waals surface area contributed by atoms with Crippen LogP contribution in [0.5, 0.6) is 0 Å². The average Bonchev–Trinajstić information content (AvgIpc) is 3.46. The molecule has 1 aliphatic heterocycles. The number of benzene rings is 2. The lowest BCUT2D eigenvalue weighted by molar-refractivity contribution is 0.197. The normalized spacial score (nSPS) is 13.5. The van der Waals surface area contributed by atoms with Gasteiger partial charge in [0.1, 0.15) is 0 Å². The molecule has 1 saturated carbocycles. The second-order valence-corrected chi connectivity index (χ2v) is 21.8. The summed E-state index contributed by atoms with van der Waals surface area (Å²) in [5.74, 6) is 0. The van der Waals surface area contributed by atoms with Crippen molar-refractivity contribution in [1.82, 2.24) is 47.9 Å². The van der Waals surface area contributed by atoms with Crippen molar-refractivity contribution in [2.75, 3.05) is 99.4 Å². The Kier molecular flexibility index (Phi) is 96.5. The van der Waals surface area contributed by atoms with E-state index in [1.54, 1.807) is 14.2 Å². The molecule has 1 saturated heterocycles. The predicted molar refractivity (Wildman–Crippen MR) is 369 cm³/mol. The summed E-state index contributed by atoms with van der Waals surface area (Å²) in [4.78, 5) is 0. The van der Waals surface area contributed by atoms with Gasteiger partial charge < -0.3 is 68.8 Å². The van der Waals surface area contributed by atoms with E-state index >= 15 is 0 Å². The number of piperidine rings is 1. The van der Waals surface area contributed by atoms with Gasteiger partial charge in [-0.2, -0.15) is 0 Å². The fourth-order valence-corrected chi connectivity index (χ4v) is 6.42. The zero-order valence-electron chi connectivity index (χ0n) is 58.1. The number of hydrogen-bond acceptors (Lipinski definition) is 13. The molecule has 0 spiro atoms. The molecule has 0 aromatic heterocycles. The van der Waals surface area contributed by atoms with E-state index in [9.17, 15) is 0 Å². The molecule has 2 aliphatic rings. The van der Waals surface area contributed by atoms with Crippen LogP contribution in [0.2, 0.25) is 0 Å². The highest BCUT2D eigenvalue weighted by molar-refractivity contribution is 5.14. The molecule has 2 unspecified atom stereocenters. The Hall–Kier alpha value is -2.08. The average molecular weight is 1150 g/mol. The molecule has 13 N–H and O–H groups in total. The van der Waals surface area contributed by atoms with E-state index in [0.29, 0.717) is 36.3 Å². The van der Waals surface area contributed by atoms with E-state index in [4.69, 9.17) is 20.9 Å². The number of hydrogen-bond donors (Lipinski definition) is 11. The Balaban J connectivity index is -0.000000150. The molecule has 2 fully saturated rings. The van der Waals surface area contributed by atoms with Gasteiger partial charge in [-0.15, -0.1) is 0 Å². The van der Waals surface area contributed by atoms with Crippen molar-refractivity contribution in [3.05, 3.63) is 71.8 Å². The number of likely N-dealkylation sites (N-methyl/N-ethyl adjacent to an activating group) is 1. The number of ether oxygens (including phenoxy) is 2. The first kappa shape index (κ1) is 92.6. The highest BCUT2D eigenvalue weighted by Crippen LogP contribution is 2.14. The van der Waals surface area contributed by atoms with Crippen LogP contribution < -0.4 is 59.3 Å². The summed E-state index contributed by atoms with van der Waals surface area (Å²) >= 11 is 0. The van der Waals surface area contributed by atoms with Gasteiger partial charge in [-0.1, -0.05) is 204 Å². The first-order valence-electron chi connectivity index (χ1n) is 32.9. The van der Waals surface area contributed by atoms with Gasteiger partial charge >= 0.3 is 0 Å². The fourth-order valence-electron chi connectivity index (χ4n) is 6.42. The highest BCUT2D eigenvalue weighted by atomic mass is 16.5. The van der Waals surface area contributed by atoms with Crippen LogP contribution in [0.1, 0.15) is 226 Å². The van der Waals surface area contributed by atoms with E-state index in [2.05, 4.69) is 221 Å². The van der Waals surface area contributed by atoms with Crippen molar-refractivity contribution >= 4 is 0 Å². The van der Waals surface area contributed by atoms with Gasteiger partial charge in [0.15, 0.2) is 0 Å². The molecule has 1 aliphatic carbocycles. The number of nitrogens with one attached hydrogen (secondary N) is 9. The lowest BCUT2D eigenvalue weighted by Gasteiger charge is -2.18. The smallest absolute Gasteiger partial charge is 0.0587 e. The molecule has 81 heavy (non-hydrogen) atoms. The van der Waals surface area contributed by atoms with E-state index in [0.717, 1.165) is 91.1 Å². The van der Waals surface area contributed by atoms with Crippen LogP contribution in [-0.4, -0.2) is 142 Å². The lowest BCUT2D eigenvalue weighted by atomic mass is 9.97. The summed E-state index contributed by atoms with van der Waals surface area (Å²) in [7, 11) is 3.42. The van der Waals surface area contributed by atoms with Gasteiger partial charge in [0.25, 0.3) is 0 Å². The predicted octanol–water partition coefficient (Wildman–Crippen LogP) is 12.8. The Morgan fingerprint density at radius 3 is 1.14 bits per heavy atom. The van der Waals surface area contributed by atoms with Gasteiger partial charge in [-0.3, -0.25) is 0 Å². The van der Waals surface area contributed by atoms with Gasteiger partial charge in [-0.25, -0.2) is 0 Å².